The molecule has 0 saturated heterocycles. The summed E-state index contributed by atoms with van der Waals surface area (Å²) in [4.78, 5) is 18.8. The zero-order chi connectivity index (χ0) is 15.4. The number of hydrogen-bond acceptors (Lipinski definition) is 4. The fourth-order valence-corrected chi connectivity index (χ4v) is 3.93. The van der Waals surface area contributed by atoms with Crippen molar-refractivity contribution in [1.29, 1.82) is 0 Å². The molecule has 1 N–H and O–H groups in total. The molecule has 1 saturated carbocycles. The summed E-state index contributed by atoms with van der Waals surface area (Å²) in [5.74, 6) is 0.105. The van der Waals surface area contributed by atoms with Crippen molar-refractivity contribution in [3.05, 3.63) is 24.3 Å². The third-order valence-electron chi connectivity index (χ3n) is 4.21. The van der Waals surface area contributed by atoms with Gasteiger partial charge >= 0.3 is 0 Å². The Kier molecular flexibility index (Phi) is 4.93. The number of aromatic nitrogens is 1. The molecule has 4 nitrogen and oxygen atoms in total. The van der Waals surface area contributed by atoms with E-state index in [0.717, 1.165) is 28.2 Å². The number of carbonyl (C=O) groups excluding carboxylic acids is 1. The summed E-state index contributed by atoms with van der Waals surface area (Å²) in [5.41, 5.74) is 0.999. The number of anilines is 1. The summed E-state index contributed by atoms with van der Waals surface area (Å²) in [6, 6.07) is 8.44. The summed E-state index contributed by atoms with van der Waals surface area (Å²) < 4.78 is 1.16. The minimum Gasteiger partial charge on any atom is -0.352 e. The molecule has 3 rings (SSSR count). The van der Waals surface area contributed by atoms with Crippen LogP contribution in [0.2, 0.25) is 0 Å². The Bertz CT molecular complexity index is 599. The first kappa shape index (κ1) is 15.3. The molecular formula is C17H23N3OS. The van der Waals surface area contributed by atoms with E-state index in [1.54, 1.807) is 11.3 Å². The lowest BCUT2D eigenvalue weighted by atomic mass is 10.1. The van der Waals surface area contributed by atoms with E-state index in [1.807, 2.05) is 30.1 Å². The topological polar surface area (TPSA) is 45.2 Å². The molecule has 1 aliphatic rings. The van der Waals surface area contributed by atoms with Crippen LogP contribution in [0.4, 0.5) is 5.13 Å². The van der Waals surface area contributed by atoms with Gasteiger partial charge in [-0.1, -0.05) is 49.2 Å². The van der Waals surface area contributed by atoms with Gasteiger partial charge in [0.05, 0.1) is 16.8 Å². The van der Waals surface area contributed by atoms with Gasteiger partial charge in [-0.3, -0.25) is 4.79 Å². The van der Waals surface area contributed by atoms with Gasteiger partial charge in [0.2, 0.25) is 5.91 Å². The van der Waals surface area contributed by atoms with Crippen molar-refractivity contribution in [2.75, 3.05) is 18.5 Å². The highest BCUT2D eigenvalue weighted by Gasteiger charge is 2.17. The van der Waals surface area contributed by atoms with Crippen molar-refractivity contribution in [2.45, 2.75) is 44.6 Å². The Balaban J connectivity index is 1.58. The van der Waals surface area contributed by atoms with Crippen LogP contribution >= 0.6 is 11.3 Å². The fourth-order valence-electron chi connectivity index (χ4n) is 3.00. The van der Waals surface area contributed by atoms with Crippen LogP contribution in [0.1, 0.15) is 38.5 Å². The molecule has 1 fully saturated rings. The van der Waals surface area contributed by atoms with E-state index in [2.05, 4.69) is 16.4 Å². The number of rotatable bonds is 4. The molecule has 0 radical (unpaired) electrons. The average molecular weight is 317 g/mol. The maximum Gasteiger partial charge on any atom is 0.239 e. The molecular weight excluding hydrogens is 294 g/mol. The predicted molar refractivity (Wildman–Crippen MR) is 92.5 cm³/mol. The largest absolute Gasteiger partial charge is 0.352 e. The van der Waals surface area contributed by atoms with Crippen LogP contribution in [0, 0.1) is 0 Å². The van der Waals surface area contributed by atoms with Crippen LogP contribution in [0.3, 0.4) is 0 Å². The van der Waals surface area contributed by atoms with Gasteiger partial charge in [-0.15, -0.1) is 0 Å². The van der Waals surface area contributed by atoms with E-state index in [1.165, 1.54) is 25.7 Å². The second-order valence-electron chi connectivity index (χ2n) is 6.08. The van der Waals surface area contributed by atoms with Gasteiger partial charge in [-0.2, -0.15) is 0 Å². The first-order valence-corrected chi connectivity index (χ1v) is 8.90. The molecule has 0 atom stereocenters. The maximum absolute atomic E-state index is 12.2. The Morgan fingerprint density at radius 1 is 1.27 bits per heavy atom. The van der Waals surface area contributed by atoms with Crippen LogP contribution in [-0.4, -0.2) is 30.5 Å². The molecule has 1 aliphatic carbocycles. The second-order valence-corrected chi connectivity index (χ2v) is 7.09. The molecule has 2 aromatic rings. The number of likely N-dealkylation sites (N-methyl/N-ethyl adjacent to an activating group) is 1. The molecule has 0 spiro atoms. The number of nitrogens with zero attached hydrogens (tertiary/aromatic N) is 2. The molecule has 5 heteroatoms. The predicted octanol–water partition coefficient (Wildman–Crippen LogP) is 3.57. The van der Waals surface area contributed by atoms with E-state index in [0.29, 0.717) is 12.6 Å². The standard InChI is InChI=1S/C17H23N3OS/c1-20(17-19-14-10-6-7-11-15(14)22-17)12-16(21)18-13-8-4-2-3-5-9-13/h6-7,10-11,13H,2-5,8-9,12H2,1H3,(H,18,21). The summed E-state index contributed by atoms with van der Waals surface area (Å²) in [6.45, 7) is 0.371. The zero-order valence-electron chi connectivity index (χ0n) is 13.0. The van der Waals surface area contributed by atoms with Gasteiger partial charge in [0.1, 0.15) is 0 Å². The van der Waals surface area contributed by atoms with Gasteiger partial charge in [0.25, 0.3) is 0 Å². The Morgan fingerprint density at radius 3 is 2.73 bits per heavy atom. The lowest BCUT2D eigenvalue weighted by Gasteiger charge is -2.19. The number of thiazole rings is 1. The van der Waals surface area contributed by atoms with Crippen molar-refractivity contribution in [3.63, 3.8) is 0 Å². The molecule has 1 heterocycles. The van der Waals surface area contributed by atoms with Crippen molar-refractivity contribution in [1.82, 2.24) is 10.3 Å². The number of fused-ring (bicyclic) bond motifs is 1. The number of carbonyl (C=O) groups is 1. The van der Waals surface area contributed by atoms with E-state index >= 15 is 0 Å². The van der Waals surface area contributed by atoms with E-state index in [-0.39, 0.29) is 5.91 Å². The highest BCUT2D eigenvalue weighted by Crippen LogP contribution is 2.27. The quantitative estimate of drug-likeness (QED) is 0.877. The average Bonchev–Trinajstić information content (AvgIpc) is 2.79. The maximum atomic E-state index is 12.2. The molecule has 1 aromatic heterocycles. The van der Waals surface area contributed by atoms with Crippen LogP contribution in [0.15, 0.2) is 24.3 Å². The van der Waals surface area contributed by atoms with E-state index in [4.69, 9.17) is 0 Å². The van der Waals surface area contributed by atoms with Crippen LogP contribution < -0.4 is 10.2 Å². The summed E-state index contributed by atoms with van der Waals surface area (Å²) in [7, 11) is 1.93. The molecule has 22 heavy (non-hydrogen) atoms. The number of amides is 1. The number of nitrogens with one attached hydrogen (secondary N) is 1. The highest BCUT2D eigenvalue weighted by atomic mass is 32.1. The monoisotopic (exact) mass is 317 g/mol. The Hall–Kier alpha value is -1.62. The summed E-state index contributed by atoms with van der Waals surface area (Å²) in [6.07, 6.45) is 7.32. The Labute approximate surface area is 135 Å². The van der Waals surface area contributed by atoms with Crippen molar-refractivity contribution >= 4 is 32.6 Å². The molecule has 0 bridgehead atoms. The lowest BCUT2D eigenvalue weighted by Crippen LogP contribution is -2.40. The third-order valence-corrected chi connectivity index (χ3v) is 5.36. The summed E-state index contributed by atoms with van der Waals surface area (Å²) >= 11 is 1.63. The number of para-hydroxylation sites is 1. The van der Waals surface area contributed by atoms with E-state index < -0.39 is 0 Å². The smallest absolute Gasteiger partial charge is 0.239 e. The molecule has 118 valence electrons. The SMILES string of the molecule is CN(CC(=O)NC1CCCCCC1)c1nc2ccccc2s1. The third kappa shape index (κ3) is 3.77. The molecule has 0 unspecified atom stereocenters. The zero-order valence-corrected chi connectivity index (χ0v) is 13.9. The second kappa shape index (κ2) is 7.09. The van der Waals surface area contributed by atoms with Crippen LogP contribution in [0.5, 0.6) is 0 Å². The van der Waals surface area contributed by atoms with Gasteiger partial charge < -0.3 is 10.2 Å². The van der Waals surface area contributed by atoms with Gasteiger partial charge in [-0.25, -0.2) is 4.98 Å². The van der Waals surface area contributed by atoms with Crippen molar-refractivity contribution in [2.24, 2.45) is 0 Å². The number of hydrogen-bond donors (Lipinski definition) is 1. The molecule has 0 aliphatic heterocycles. The van der Waals surface area contributed by atoms with Crippen molar-refractivity contribution in [3.8, 4) is 0 Å². The van der Waals surface area contributed by atoms with Gasteiger partial charge in [-0.05, 0) is 25.0 Å². The van der Waals surface area contributed by atoms with Gasteiger partial charge in [0, 0.05) is 13.1 Å². The first-order valence-electron chi connectivity index (χ1n) is 8.08. The summed E-state index contributed by atoms with van der Waals surface area (Å²) in [5, 5.41) is 4.09. The molecule has 1 aromatic carbocycles. The van der Waals surface area contributed by atoms with Crippen molar-refractivity contribution < 1.29 is 4.79 Å². The number of benzene rings is 1. The minimum absolute atomic E-state index is 0.105. The normalized spacial score (nSPS) is 16.4. The molecule has 1 amide bonds. The Morgan fingerprint density at radius 2 is 2.00 bits per heavy atom. The minimum atomic E-state index is 0.105. The van der Waals surface area contributed by atoms with Crippen LogP contribution in [0.25, 0.3) is 10.2 Å². The first-order chi connectivity index (χ1) is 10.7. The lowest BCUT2D eigenvalue weighted by molar-refractivity contribution is -0.120. The fraction of sp³-hybridized carbons (Fsp3) is 0.529. The van der Waals surface area contributed by atoms with Crippen LogP contribution in [-0.2, 0) is 4.79 Å². The highest BCUT2D eigenvalue weighted by molar-refractivity contribution is 7.22. The van der Waals surface area contributed by atoms with E-state index in [9.17, 15) is 4.79 Å². The van der Waals surface area contributed by atoms with Gasteiger partial charge in [0.15, 0.2) is 5.13 Å².